The fraction of sp³-hybridized carbons (Fsp3) is 0.200. The third-order valence-electron chi connectivity index (χ3n) is 1.83. The van der Waals surface area contributed by atoms with E-state index in [0.29, 0.717) is 17.1 Å². The standard InChI is InChI=1S/C10H11IN2OS/c1-13(6-9(12)15)10(14)7-2-4-8(11)5-3-7/h2-5H,6H2,1H3,(H2,12,15). The molecule has 0 aliphatic heterocycles. The van der Waals surface area contributed by atoms with Crippen LogP contribution in [0.3, 0.4) is 0 Å². The van der Waals surface area contributed by atoms with Crippen LogP contribution in [0.1, 0.15) is 10.4 Å². The number of thiocarbonyl (C=S) groups is 1. The Kier molecular flexibility index (Phi) is 4.46. The zero-order chi connectivity index (χ0) is 11.4. The molecule has 80 valence electrons. The van der Waals surface area contributed by atoms with E-state index in [1.807, 2.05) is 12.1 Å². The molecule has 5 heteroatoms. The molecule has 0 saturated carbocycles. The Bertz CT molecular complexity index is 378. The van der Waals surface area contributed by atoms with Gasteiger partial charge in [-0.15, -0.1) is 0 Å². The number of halogens is 1. The summed E-state index contributed by atoms with van der Waals surface area (Å²) in [7, 11) is 1.68. The molecule has 0 aliphatic rings. The van der Waals surface area contributed by atoms with Crippen LogP contribution in [-0.4, -0.2) is 29.4 Å². The smallest absolute Gasteiger partial charge is 0.253 e. The van der Waals surface area contributed by atoms with E-state index in [9.17, 15) is 4.79 Å². The van der Waals surface area contributed by atoms with Crippen molar-refractivity contribution in [1.29, 1.82) is 0 Å². The second kappa shape index (κ2) is 5.41. The number of likely N-dealkylation sites (N-methyl/N-ethyl adjacent to an activating group) is 1. The van der Waals surface area contributed by atoms with E-state index in [4.69, 9.17) is 18.0 Å². The highest BCUT2D eigenvalue weighted by molar-refractivity contribution is 14.1. The fourth-order valence-electron chi connectivity index (χ4n) is 1.12. The summed E-state index contributed by atoms with van der Waals surface area (Å²) in [6.07, 6.45) is 0. The molecule has 1 aromatic carbocycles. The van der Waals surface area contributed by atoms with Crippen molar-refractivity contribution >= 4 is 45.7 Å². The Hall–Kier alpha value is -0.690. The normalized spacial score (nSPS) is 9.73. The number of benzene rings is 1. The summed E-state index contributed by atoms with van der Waals surface area (Å²) in [5.41, 5.74) is 6.02. The molecule has 0 heterocycles. The predicted molar refractivity (Wildman–Crippen MR) is 72.9 cm³/mol. The van der Waals surface area contributed by atoms with Gasteiger partial charge in [0, 0.05) is 16.2 Å². The van der Waals surface area contributed by atoms with Gasteiger partial charge in [0.25, 0.3) is 5.91 Å². The van der Waals surface area contributed by atoms with Gasteiger partial charge in [0.1, 0.15) is 0 Å². The number of hydrogen-bond donors (Lipinski definition) is 1. The molecule has 2 N–H and O–H groups in total. The van der Waals surface area contributed by atoms with Gasteiger partial charge in [0.05, 0.1) is 11.5 Å². The summed E-state index contributed by atoms with van der Waals surface area (Å²) in [5, 5.41) is 0. The Morgan fingerprint density at radius 2 is 2.00 bits per heavy atom. The Morgan fingerprint density at radius 3 is 2.47 bits per heavy atom. The van der Waals surface area contributed by atoms with Crippen LogP contribution in [0.15, 0.2) is 24.3 Å². The lowest BCUT2D eigenvalue weighted by Gasteiger charge is -2.16. The van der Waals surface area contributed by atoms with E-state index in [1.165, 1.54) is 4.90 Å². The number of hydrogen-bond acceptors (Lipinski definition) is 2. The molecule has 0 atom stereocenters. The molecule has 0 unspecified atom stereocenters. The summed E-state index contributed by atoms with van der Waals surface area (Å²) < 4.78 is 1.10. The summed E-state index contributed by atoms with van der Waals surface area (Å²) >= 11 is 6.94. The molecule has 0 fully saturated rings. The van der Waals surface area contributed by atoms with E-state index < -0.39 is 0 Å². The molecule has 0 aliphatic carbocycles. The Balaban J connectivity index is 2.76. The van der Waals surface area contributed by atoms with Crippen LogP contribution >= 0.6 is 34.8 Å². The minimum absolute atomic E-state index is 0.0702. The largest absolute Gasteiger partial charge is 0.392 e. The van der Waals surface area contributed by atoms with Gasteiger partial charge in [-0.25, -0.2) is 0 Å². The number of nitrogens with zero attached hydrogens (tertiary/aromatic N) is 1. The average Bonchev–Trinajstić information content (AvgIpc) is 2.17. The van der Waals surface area contributed by atoms with E-state index >= 15 is 0 Å². The van der Waals surface area contributed by atoms with E-state index in [0.717, 1.165) is 3.57 Å². The maximum Gasteiger partial charge on any atom is 0.253 e. The van der Waals surface area contributed by atoms with Gasteiger partial charge < -0.3 is 10.6 Å². The first-order chi connectivity index (χ1) is 7.00. The van der Waals surface area contributed by atoms with Crippen LogP contribution < -0.4 is 5.73 Å². The maximum atomic E-state index is 11.8. The minimum Gasteiger partial charge on any atom is -0.392 e. The van der Waals surface area contributed by atoms with Crippen molar-refractivity contribution in [2.24, 2.45) is 5.73 Å². The van der Waals surface area contributed by atoms with Gasteiger partial charge in [0.2, 0.25) is 0 Å². The molecule has 0 radical (unpaired) electrons. The van der Waals surface area contributed by atoms with Crippen molar-refractivity contribution in [2.45, 2.75) is 0 Å². The average molecular weight is 334 g/mol. The van der Waals surface area contributed by atoms with Gasteiger partial charge >= 0.3 is 0 Å². The third-order valence-corrected chi connectivity index (χ3v) is 2.68. The minimum atomic E-state index is -0.0702. The van der Waals surface area contributed by atoms with Gasteiger partial charge in [-0.05, 0) is 46.9 Å². The van der Waals surface area contributed by atoms with Crippen LogP contribution in [-0.2, 0) is 0 Å². The van der Waals surface area contributed by atoms with E-state index in [-0.39, 0.29) is 5.91 Å². The first-order valence-corrected chi connectivity index (χ1v) is 5.78. The topological polar surface area (TPSA) is 46.3 Å². The number of nitrogens with two attached hydrogens (primary N) is 1. The van der Waals surface area contributed by atoms with Gasteiger partial charge in [-0.2, -0.15) is 0 Å². The van der Waals surface area contributed by atoms with Gasteiger partial charge in [0.15, 0.2) is 0 Å². The van der Waals surface area contributed by atoms with Crippen molar-refractivity contribution in [3.63, 3.8) is 0 Å². The molecule has 0 aromatic heterocycles. The van der Waals surface area contributed by atoms with Crippen LogP contribution in [0.4, 0.5) is 0 Å². The quantitative estimate of drug-likeness (QED) is 0.675. The zero-order valence-electron chi connectivity index (χ0n) is 8.24. The number of rotatable bonds is 3. The Morgan fingerprint density at radius 1 is 1.47 bits per heavy atom. The van der Waals surface area contributed by atoms with Crippen molar-refractivity contribution in [3.05, 3.63) is 33.4 Å². The molecular weight excluding hydrogens is 323 g/mol. The lowest BCUT2D eigenvalue weighted by atomic mass is 10.2. The second-order valence-electron chi connectivity index (χ2n) is 3.13. The summed E-state index contributed by atoms with van der Waals surface area (Å²) in [4.78, 5) is 13.6. The van der Waals surface area contributed by atoms with Gasteiger partial charge in [-0.1, -0.05) is 12.2 Å². The van der Waals surface area contributed by atoms with Crippen molar-refractivity contribution in [1.82, 2.24) is 4.90 Å². The molecule has 0 bridgehead atoms. The summed E-state index contributed by atoms with van der Waals surface area (Å²) in [6.45, 7) is 0.306. The molecule has 0 spiro atoms. The molecular formula is C10H11IN2OS. The molecule has 3 nitrogen and oxygen atoms in total. The number of amides is 1. The first-order valence-electron chi connectivity index (χ1n) is 4.30. The highest BCUT2D eigenvalue weighted by Crippen LogP contribution is 2.08. The van der Waals surface area contributed by atoms with Crippen molar-refractivity contribution < 1.29 is 4.79 Å². The first kappa shape index (κ1) is 12.4. The fourth-order valence-corrected chi connectivity index (χ4v) is 1.67. The third kappa shape index (κ3) is 3.75. The molecule has 1 amide bonds. The van der Waals surface area contributed by atoms with Crippen LogP contribution in [0.5, 0.6) is 0 Å². The lowest BCUT2D eigenvalue weighted by Crippen LogP contribution is -2.34. The molecule has 15 heavy (non-hydrogen) atoms. The monoisotopic (exact) mass is 334 g/mol. The van der Waals surface area contributed by atoms with Crippen LogP contribution in [0, 0.1) is 3.57 Å². The lowest BCUT2D eigenvalue weighted by molar-refractivity contribution is 0.0815. The van der Waals surface area contributed by atoms with E-state index in [1.54, 1.807) is 19.2 Å². The highest BCUT2D eigenvalue weighted by Gasteiger charge is 2.11. The predicted octanol–water partition coefficient (Wildman–Crippen LogP) is 1.65. The SMILES string of the molecule is CN(CC(N)=S)C(=O)c1ccc(I)cc1. The number of carbonyl (C=O) groups excluding carboxylic acids is 1. The van der Waals surface area contributed by atoms with Crippen LogP contribution in [0.2, 0.25) is 0 Å². The van der Waals surface area contributed by atoms with Gasteiger partial charge in [-0.3, -0.25) is 4.79 Å². The maximum absolute atomic E-state index is 11.8. The number of carbonyl (C=O) groups is 1. The molecule has 1 rings (SSSR count). The zero-order valence-corrected chi connectivity index (χ0v) is 11.2. The van der Waals surface area contributed by atoms with Crippen molar-refractivity contribution in [3.8, 4) is 0 Å². The molecule has 0 saturated heterocycles. The highest BCUT2D eigenvalue weighted by atomic mass is 127. The second-order valence-corrected chi connectivity index (χ2v) is 4.90. The van der Waals surface area contributed by atoms with Crippen LogP contribution in [0.25, 0.3) is 0 Å². The molecule has 1 aromatic rings. The van der Waals surface area contributed by atoms with E-state index in [2.05, 4.69) is 22.6 Å². The summed E-state index contributed by atoms with van der Waals surface area (Å²) in [5.74, 6) is -0.0702. The Labute approximate surface area is 108 Å². The van der Waals surface area contributed by atoms with Crippen molar-refractivity contribution in [2.75, 3.05) is 13.6 Å². The summed E-state index contributed by atoms with van der Waals surface area (Å²) in [6, 6.07) is 7.37.